The zero-order valence-electron chi connectivity index (χ0n) is 26.7. The van der Waals surface area contributed by atoms with Gasteiger partial charge in [0.1, 0.15) is 0 Å². The van der Waals surface area contributed by atoms with Gasteiger partial charge in [-0.15, -0.1) is 0 Å². The average Bonchev–Trinajstić information content (AvgIpc) is 3.11. The number of benzene rings is 2. The van der Waals surface area contributed by atoms with Gasteiger partial charge in [-0.2, -0.15) is 4.98 Å². The predicted molar refractivity (Wildman–Crippen MR) is 178 cm³/mol. The van der Waals surface area contributed by atoms with E-state index in [2.05, 4.69) is 15.5 Å². The number of pyridine rings is 1. The second kappa shape index (κ2) is 14.0. The molecule has 1 aliphatic heterocycles. The molecule has 2 fully saturated rings. The molecule has 12 heteroatoms. The summed E-state index contributed by atoms with van der Waals surface area (Å²) >= 11 is 0. The first-order valence-corrected chi connectivity index (χ1v) is 16.1. The van der Waals surface area contributed by atoms with Crippen molar-refractivity contribution in [2.75, 3.05) is 38.2 Å². The molecule has 1 saturated carbocycles. The molecule has 12 nitrogen and oxygen atoms in total. The van der Waals surface area contributed by atoms with Crippen LogP contribution in [0.5, 0.6) is 0 Å². The van der Waals surface area contributed by atoms with Crippen LogP contribution in [0, 0.1) is 6.92 Å². The van der Waals surface area contributed by atoms with E-state index in [9.17, 15) is 19.2 Å². The van der Waals surface area contributed by atoms with E-state index in [1.54, 1.807) is 54.6 Å². The van der Waals surface area contributed by atoms with Gasteiger partial charge in [-0.25, -0.2) is 14.6 Å². The largest absolute Gasteiger partial charge is 0.465 e. The third kappa shape index (κ3) is 7.11. The van der Waals surface area contributed by atoms with Crippen LogP contribution in [0.25, 0.3) is 16.7 Å². The van der Waals surface area contributed by atoms with Crippen LogP contribution < -0.4 is 21.1 Å². The van der Waals surface area contributed by atoms with Crippen LogP contribution in [0.15, 0.2) is 65.5 Å². The van der Waals surface area contributed by atoms with Crippen molar-refractivity contribution in [2.24, 2.45) is 0 Å². The summed E-state index contributed by atoms with van der Waals surface area (Å²) in [7, 11) is 1.33. The lowest BCUT2D eigenvalue weighted by atomic mass is 9.96. The van der Waals surface area contributed by atoms with E-state index < -0.39 is 5.97 Å². The molecule has 3 amide bonds. The summed E-state index contributed by atoms with van der Waals surface area (Å²) < 4.78 is 6.26. The number of hydrogen-bond donors (Lipinski definition) is 2. The van der Waals surface area contributed by atoms with Crippen LogP contribution in [0.1, 0.15) is 64.1 Å². The van der Waals surface area contributed by atoms with Gasteiger partial charge in [-0.3, -0.25) is 14.2 Å². The van der Waals surface area contributed by atoms with Crippen molar-refractivity contribution in [3.05, 3.63) is 93.4 Å². The maximum absolute atomic E-state index is 13.2. The Bertz CT molecular complexity index is 1820. The second-order valence-electron chi connectivity index (χ2n) is 12.0. The van der Waals surface area contributed by atoms with Gasteiger partial charge in [0, 0.05) is 55.8 Å². The van der Waals surface area contributed by atoms with Gasteiger partial charge in [0.15, 0.2) is 5.65 Å². The van der Waals surface area contributed by atoms with Gasteiger partial charge in [-0.05, 0) is 67.8 Å². The fourth-order valence-corrected chi connectivity index (χ4v) is 6.19. The number of carbonyl (C=O) groups is 3. The normalized spacial score (nSPS) is 15.4. The molecule has 1 aliphatic carbocycles. The Morgan fingerprint density at radius 1 is 0.851 bits per heavy atom. The standard InChI is InChI=1S/C35H39N7O5/c1-23-29-16-17-30(43)42(28-14-12-25(13-15-28)32(44)36-22-24-8-10-26(11-9-24)33(45)47-2)31(29)39-34(37-23)40-18-20-41(21-19-40)35(46)38-27-6-4-3-5-7-27/h8-17,27H,3-7,18-22H2,1-2H3,(H,36,44)(H,38,46). The molecule has 0 unspecified atom stereocenters. The minimum Gasteiger partial charge on any atom is -0.465 e. The highest BCUT2D eigenvalue weighted by Gasteiger charge is 2.26. The lowest BCUT2D eigenvalue weighted by Gasteiger charge is -2.36. The Morgan fingerprint density at radius 2 is 1.53 bits per heavy atom. The number of nitrogens with one attached hydrogen (secondary N) is 2. The van der Waals surface area contributed by atoms with E-state index in [0.29, 0.717) is 54.6 Å². The summed E-state index contributed by atoms with van der Waals surface area (Å²) in [6.07, 6.45) is 5.66. The van der Waals surface area contributed by atoms with Crippen molar-refractivity contribution in [2.45, 2.75) is 51.6 Å². The number of esters is 1. The summed E-state index contributed by atoms with van der Waals surface area (Å²) in [5.74, 6) is -0.180. The molecule has 2 aromatic carbocycles. The number of urea groups is 1. The Hall–Kier alpha value is -5.26. The van der Waals surface area contributed by atoms with Crippen molar-refractivity contribution in [1.29, 1.82) is 0 Å². The van der Waals surface area contributed by atoms with E-state index in [4.69, 9.17) is 14.7 Å². The zero-order valence-corrected chi connectivity index (χ0v) is 26.7. The monoisotopic (exact) mass is 637 g/mol. The highest BCUT2D eigenvalue weighted by Crippen LogP contribution is 2.23. The predicted octanol–water partition coefficient (Wildman–Crippen LogP) is 3.97. The summed E-state index contributed by atoms with van der Waals surface area (Å²) in [5, 5.41) is 6.83. The number of amides is 3. The van der Waals surface area contributed by atoms with Gasteiger partial charge in [0.05, 0.1) is 24.1 Å². The van der Waals surface area contributed by atoms with E-state index in [0.717, 1.165) is 29.5 Å². The molecule has 244 valence electrons. The number of methoxy groups -OCH3 is 1. The van der Waals surface area contributed by atoms with Gasteiger partial charge >= 0.3 is 12.0 Å². The minimum atomic E-state index is -0.419. The molecule has 3 heterocycles. The number of rotatable bonds is 7. The molecule has 2 aliphatic rings. The number of anilines is 1. The Labute approximate surface area is 272 Å². The van der Waals surface area contributed by atoms with Crippen molar-refractivity contribution >= 4 is 34.9 Å². The third-order valence-corrected chi connectivity index (χ3v) is 8.93. The molecule has 0 radical (unpaired) electrons. The molecule has 0 spiro atoms. The van der Waals surface area contributed by atoms with Gasteiger partial charge in [-0.1, -0.05) is 31.4 Å². The average molecular weight is 638 g/mol. The maximum atomic E-state index is 13.2. The number of hydrogen-bond acceptors (Lipinski definition) is 8. The Morgan fingerprint density at radius 3 is 2.21 bits per heavy atom. The van der Waals surface area contributed by atoms with E-state index in [1.165, 1.54) is 37.0 Å². The van der Waals surface area contributed by atoms with Crippen LogP contribution in [-0.2, 0) is 11.3 Å². The minimum absolute atomic E-state index is 0.00702. The van der Waals surface area contributed by atoms with Crippen molar-refractivity contribution < 1.29 is 19.1 Å². The number of fused-ring (bicyclic) bond motifs is 1. The molecule has 0 atom stereocenters. The highest BCUT2D eigenvalue weighted by atomic mass is 16.5. The number of piperazine rings is 1. The smallest absolute Gasteiger partial charge is 0.337 e. The molecule has 1 saturated heterocycles. The van der Waals surface area contributed by atoms with Crippen molar-refractivity contribution in [3.8, 4) is 5.69 Å². The maximum Gasteiger partial charge on any atom is 0.337 e. The lowest BCUT2D eigenvalue weighted by Crippen LogP contribution is -2.54. The van der Waals surface area contributed by atoms with Gasteiger partial charge < -0.3 is 25.2 Å². The number of carbonyl (C=O) groups excluding carboxylic acids is 3. The van der Waals surface area contributed by atoms with Crippen molar-refractivity contribution in [3.63, 3.8) is 0 Å². The zero-order chi connectivity index (χ0) is 32.9. The number of aryl methyl sites for hydroxylation is 1. The molecule has 47 heavy (non-hydrogen) atoms. The molecule has 2 aromatic heterocycles. The quantitative estimate of drug-likeness (QED) is 0.291. The third-order valence-electron chi connectivity index (χ3n) is 8.93. The summed E-state index contributed by atoms with van der Waals surface area (Å²) in [6, 6.07) is 17.1. The first-order chi connectivity index (χ1) is 22.8. The summed E-state index contributed by atoms with van der Waals surface area (Å²) in [4.78, 5) is 64.1. The van der Waals surface area contributed by atoms with Crippen LogP contribution in [0.2, 0.25) is 0 Å². The summed E-state index contributed by atoms with van der Waals surface area (Å²) in [5.41, 5.74) is 3.25. The Balaban J connectivity index is 1.15. The lowest BCUT2D eigenvalue weighted by molar-refractivity contribution is 0.0600. The number of ether oxygens (including phenoxy) is 1. The first kappa shape index (κ1) is 31.7. The molecule has 4 aromatic rings. The molecular formula is C35H39N7O5. The van der Waals surface area contributed by atoms with Crippen LogP contribution in [-0.4, -0.2) is 76.7 Å². The Kier molecular flexibility index (Phi) is 9.46. The number of nitrogens with zero attached hydrogens (tertiary/aromatic N) is 5. The summed E-state index contributed by atoms with van der Waals surface area (Å²) in [6.45, 7) is 4.46. The molecule has 6 rings (SSSR count). The van der Waals surface area contributed by atoms with E-state index in [1.807, 2.05) is 11.8 Å². The fourth-order valence-electron chi connectivity index (χ4n) is 6.19. The van der Waals surface area contributed by atoms with Gasteiger partial charge in [0.2, 0.25) is 5.95 Å². The molecule has 0 bridgehead atoms. The fraction of sp³-hybridized carbons (Fsp3) is 0.371. The van der Waals surface area contributed by atoms with Crippen LogP contribution in [0.4, 0.5) is 10.7 Å². The second-order valence-corrected chi connectivity index (χ2v) is 12.0. The molecule has 2 N–H and O–H groups in total. The number of aromatic nitrogens is 3. The highest BCUT2D eigenvalue weighted by molar-refractivity contribution is 5.94. The van der Waals surface area contributed by atoms with E-state index in [-0.39, 0.29) is 30.1 Å². The van der Waals surface area contributed by atoms with Crippen LogP contribution >= 0.6 is 0 Å². The van der Waals surface area contributed by atoms with Crippen molar-refractivity contribution in [1.82, 2.24) is 30.1 Å². The van der Waals surface area contributed by atoms with Gasteiger partial charge in [0.25, 0.3) is 11.5 Å². The van der Waals surface area contributed by atoms with E-state index >= 15 is 0 Å². The topological polar surface area (TPSA) is 139 Å². The first-order valence-electron chi connectivity index (χ1n) is 16.1. The van der Waals surface area contributed by atoms with Crippen LogP contribution in [0.3, 0.4) is 0 Å². The SMILES string of the molecule is COC(=O)c1ccc(CNC(=O)c2ccc(-n3c(=O)ccc4c(C)nc(N5CCN(C(=O)NC6CCCCC6)CC5)nc43)cc2)cc1. The molecular weight excluding hydrogens is 598 g/mol.